The van der Waals surface area contributed by atoms with E-state index < -0.39 is 12.0 Å². The first-order valence-corrected chi connectivity index (χ1v) is 8.19. The molecule has 2 amide bonds. The van der Waals surface area contributed by atoms with Crippen LogP contribution in [0.15, 0.2) is 60.8 Å². The van der Waals surface area contributed by atoms with Gasteiger partial charge in [0.1, 0.15) is 24.1 Å². The van der Waals surface area contributed by atoms with Crippen LogP contribution in [0.3, 0.4) is 0 Å². The van der Waals surface area contributed by atoms with Crippen molar-refractivity contribution in [3.05, 3.63) is 77.5 Å². The summed E-state index contributed by atoms with van der Waals surface area (Å²) in [5.74, 6) is -0.382. The van der Waals surface area contributed by atoms with Gasteiger partial charge in [-0.15, -0.1) is 0 Å². The topological polar surface area (TPSA) is 135 Å². The normalized spacial score (nSPS) is 9.96. The SMILES string of the molecule is N#Cc1cnn(-c2cccc(C(=O)NNC(=O)OCc3ccccc3)c2)c1N. The quantitative estimate of drug-likeness (QED) is 0.595. The number of nitrogens with two attached hydrogens (primary N) is 1. The molecule has 0 aliphatic heterocycles. The van der Waals surface area contributed by atoms with Gasteiger partial charge in [-0.2, -0.15) is 10.4 Å². The Kier molecular flexibility index (Phi) is 5.52. The molecule has 0 bridgehead atoms. The summed E-state index contributed by atoms with van der Waals surface area (Å²) in [7, 11) is 0. The Bertz CT molecular complexity index is 1040. The third kappa shape index (κ3) is 4.25. The standard InChI is InChI=1S/C19H16N6O3/c20-10-15-11-22-25(17(15)21)16-8-4-7-14(9-16)18(26)23-24-19(27)28-12-13-5-2-1-3-6-13/h1-9,11H,12,21H2,(H,23,26)(H,24,27). The van der Waals surface area contributed by atoms with Crippen LogP contribution in [0.2, 0.25) is 0 Å². The Morgan fingerprint density at radius 3 is 2.64 bits per heavy atom. The molecule has 3 rings (SSSR count). The lowest BCUT2D eigenvalue weighted by Crippen LogP contribution is -2.41. The second-order valence-electron chi connectivity index (χ2n) is 5.66. The first kappa shape index (κ1) is 18.5. The average Bonchev–Trinajstić information content (AvgIpc) is 3.11. The van der Waals surface area contributed by atoms with Gasteiger partial charge in [0.05, 0.1) is 11.9 Å². The zero-order valence-corrected chi connectivity index (χ0v) is 14.6. The maximum atomic E-state index is 12.3. The fourth-order valence-electron chi connectivity index (χ4n) is 2.37. The van der Waals surface area contributed by atoms with E-state index in [-0.39, 0.29) is 23.6 Å². The minimum atomic E-state index is -0.789. The molecule has 0 fully saturated rings. The van der Waals surface area contributed by atoms with Crippen molar-refractivity contribution in [1.29, 1.82) is 5.26 Å². The summed E-state index contributed by atoms with van der Waals surface area (Å²) < 4.78 is 6.36. The number of amides is 2. The number of hydrogen-bond donors (Lipinski definition) is 3. The highest BCUT2D eigenvalue weighted by atomic mass is 16.6. The first-order chi connectivity index (χ1) is 13.6. The molecule has 0 atom stereocenters. The monoisotopic (exact) mass is 376 g/mol. The summed E-state index contributed by atoms with van der Waals surface area (Å²) in [6.07, 6.45) is 0.551. The molecule has 140 valence electrons. The van der Waals surface area contributed by atoms with Gasteiger partial charge in [-0.1, -0.05) is 36.4 Å². The van der Waals surface area contributed by atoms with Crippen molar-refractivity contribution < 1.29 is 14.3 Å². The second kappa shape index (κ2) is 8.37. The van der Waals surface area contributed by atoms with Crippen molar-refractivity contribution in [3.8, 4) is 11.8 Å². The van der Waals surface area contributed by atoms with Crippen LogP contribution in [0, 0.1) is 11.3 Å². The van der Waals surface area contributed by atoms with Crippen molar-refractivity contribution in [2.24, 2.45) is 0 Å². The van der Waals surface area contributed by atoms with Gasteiger partial charge in [0, 0.05) is 5.56 Å². The zero-order chi connectivity index (χ0) is 19.9. The van der Waals surface area contributed by atoms with Gasteiger partial charge in [0.2, 0.25) is 0 Å². The van der Waals surface area contributed by atoms with Crippen LogP contribution in [-0.4, -0.2) is 21.8 Å². The number of nitriles is 1. The molecule has 0 aliphatic rings. The highest BCUT2D eigenvalue weighted by Crippen LogP contribution is 2.17. The number of anilines is 1. The number of ether oxygens (including phenoxy) is 1. The number of nitrogens with one attached hydrogen (secondary N) is 2. The predicted molar refractivity (Wildman–Crippen MR) is 99.9 cm³/mol. The number of benzene rings is 2. The van der Waals surface area contributed by atoms with E-state index in [0.29, 0.717) is 5.69 Å². The molecular formula is C19H16N6O3. The molecule has 9 heteroatoms. The van der Waals surface area contributed by atoms with Crippen LogP contribution in [0.4, 0.5) is 10.6 Å². The molecule has 0 radical (unpaired) electrons. The smallest absolute Gasteiger partial charge is 0.426 e. The molecular weight excluding hydrogens is 360 g/mol. The second-order valence-corrected chi connectivity index (χ2v) is 5.66. The molecule has 3 aromatic rings. The van der Waals surface area contributed by atoms with E-state index in [4.69, 9.17) is 15.7 Å². The Labute approximate surface area is 160 Å². The average molecular weight is 376 g/mol. The molecule has 0 unspecified atom stereocenters. The Hall–Kier alpha value is -4.32. The Morgan fingerprint density at radius 1 is 1.14 bits per heavy atom. The molecule has 0 aliphatic carbocycles. The predicted octanol–water partition coefficient (Wildman–Crippen LogP) is 1.90. The minimum absolute atomic E-state index is 0.0812. The van der Waals surface area contributed by atoms with Gasteiger partial charge in [0.25, 0.3) is 5.91 Å². The van der Waals surface area contributed by atoms with Gasteiger partial charge in [-0.25, -0.2) is 14.9 Å². The lowest BCUT2D eigenvalue weighted by atomic mass is 10.2. The van der Waals surface area contributed by atoms with Crippen molar-refractivity contribution in [2.45, 2.75) is 6.61 Å². The summed E-state index contributed by atoms with van der Waals surface area (Å²) in [4.78, 5) is 24.0. The number of nitrogens with zero attached hydrogens (tertiary/aromatic N) is 3. The number of hydrogen-bond acceptors (Lipinski definition) is 6. The molecule has 1 aromatic heterocycles. The van der Waals surface area contributed by atoms with Crippen LogP contribution in [-0.2, 0) is 11.3 Å². The van der Waals surface area contributed by atoms with Crippen molar-refractivity contribution in [1.82, 2.24) is 20.6 Å². The maximum absolute atomic E-state index is 12.3. The number of carbonyl (C=O) groups excluding carboxylic acids is 2. The summed E-state index contributed by atoms with van der Waals surface area (Å²) in [5.41, 5.74) is 12.1. The number of carbonyl (C=O) groups is 2. The Balaban J connectivity index is 1.59. The highest BCUT2D eigenvalue weighted by Gasteiger charge is 2.12. The zero-order valence-electron chi connectivity index (χ0n) is 14.6. The molecule has 1 heterocycles. The van der Waals surface area contributed by atoms with Gasteiger partial charge in [-0.05, 0) is 23.8 Å². The number of aromatic nitrogens is 2. The van der Waals surface area contributed by atoms with Gasteiger partial charge >= 0.3 is 6.09 Å². The third-order valence-electron chi connectivity index (χ3n) is 3.77. The van der Waals surface area contributed by atoms with E-state index in [2.05, 4.69) is 16.0 Å². The van der Waals surface area contributed by atoms with E-state index >= 15 is 0 Å². The number of hydrazine groups is 1. The van der Waals surface area contributed by atoms with E-state index in [1.54, 1.807) is 18.2 Å². The fraction of sp³-hybridized carbons (Fsp3) is 0.0526. The van der Waals surface area contributed by atoms with Crippen LogP contribution in [0.1, 0.15) is 21.5 Å². The Morgan fingerprint density at radius 2 is 1.93 bits per heavy atom. The van der Waals surface area contributed by atoms with E-state index in [1.807, 2.05) is 36.4 Å². The fourth-order valence-corrected chi connectivity index (χ4v) is 2.37. The maximum Gasteiger partial charge on any atom is 0.426 e. The van der Waals surface area contributed by atoms with Gasteiger partial charge in [0.15, 0.2) is 0 Å². The van der Waals surface area contributed by atoms with Crippen molar-refractivity contribution in [2.75, 3.05) is 5.73 Å². The summed E-state index contributed by atoms with van der Waals surface area (Å²) in [6, 6.07) is 17.5. The van der Waals surface area contributed by atoms with Gasteiger partial charge < -0.3 is 10.5 Å². The van der Waals surface area contributed by atoms with Crippen LogP contribution in [0.25, 0.3) is 5.69 Å². The number of nitrogen functional groups attached to an aromatic ring is 1. The molecule has 9 nitrogen and oxygen atoms in total. The van der Waals surface area contributed by atoms with E-state index in [9.17, 15) is 9.59 Å². The van der Waals surface area contributed by atoms with E-state index in [0.717, 1.165) is 5.56 Å². The summed E-state index contributed by atoms with van der Waals surface area (Å²) >= 11 is 0. The molecule has 0 spiro atoms. The van der Waals surface area contributed by atoms with Crippen LogP contribution < -0.4 is 16.6 Å². The van der Waals surface area contributed by atoms with Crippen LogP contribution in [0.5, 0.6) is 0 Å². The lowest BCUT2D eigenvalue weighted by molar-refractivity contribution is 0.0905. The molecule has 0 saturated heterocycles. The number of rotatable bonds is 4. The molecule has 2 aromatic carbocycles. The van der Waals surface area contributed by atoms with Crippen molar-refractivity contribution >= 4 is 17.8 Å². The van der Waals surface area contributed by atoms with Crippen molar-refractivity contribution in [3.63, 3.8) is 0 Å². The molecule has 4 N–H and O–H groups in total. The molecule has 0 saturated carbocycles. The minimum Gasteiger partial charge on any atom is -0.443 e. The van der Waals surface area contributed by atoms with Gasteiger partial charge in [-0.3, -0.25) is 10.2 Å². The lowest BCUT2D eigenvalue weighted by Gasteiger charge is -2.10. The third-order valence-corrected chi connectivity index (χ3v) is 3.77. The van der Waals surface area contributed by atoms with E-state index in [1.165, 1.54) is 16.9 Å². The largest absolute Gasteiger partial charge is 0.443 e. The summed E-state index contributed by atoms with van der Waals surface area (Å²) in [6.45, 7) is 0.0812. The molecule has 28 heavy (non-hydrogen) atoms. The summed E-state index contributed by atoms with van der Waals surface area (Å²) in [5, 5.41) is 13.0. The first-order valence-electron chi connectivity index (χ1n) is 8.19. The van der Waals surface area contributed by atoms with Crippen LogP contribution >= 0.6 is 0 Å². The highest BCUT2D eigenvalue weighted by molar-refractivity contribution is 5.95.